The third-order valence-corrected chi connectivity index (χ3v) is 5.68. The molecule has 0 aromatic heterocycles. The van der Waals surface area contributed by atoms with Crippen molar-refractivity contribution in [3.63, 3.8) is 0 Å². The number of amides is 1. The Morgan fingerprint density at radius 1 is 1.12 bits per heavy atom. The van der Waals surface area contributed by atoms with Crippen molar-refractivity contribution in [2.75, 3.05) is 35.6 Å². The zero-order chi connectivity index (χ0) is 22.5. The highest BCUT2D eigenvalue weighted by atomic mass is 16.5. The molecule has 0 saturated heterocycles. The maximum Gasteiger partial charge on any atom is 0.258 e. The van der Waals surface area contributed by atoms with Gasteiger partial charge in [-0.05, 0) is 74.3 Å². The average molecular weight is 431 g/mol. The Labute approximate surface area is 189 Å². The van der Waals surface area contributed by atoms with Gasteiger partial charge < -0.3 is 26.4 Å². The van der Waals surface area contributed by atoms with Crippen molar-refractivity contribution in [2.24, 2.45) is 5.73 Å². The Balaban J connectivity index is 1.69. The molecule has 3 aromatic carbocycles. The van der Waals surface area contributed by atoms with Crippen molar-refractivity contribution in [3.8, 4) is 16.9 Å². The first-order valence-corrected chi connectivity index (χ1v) is 11.1. The minimum Gasteiger partial charge on any atom is -0.493 e. The number of fused-ring (bicyclic) bond motifs is 1. The SMILES string of the molecule is C[C@H]1CCN(C(=O)c2ccc(-c3ccc(N)cc3)c(OCCCN)c2)c2ccccc2N1. The van der Waals surface area contributed by atoms with Crippen LogP contribution in [0.4, 0.5) is 17.1 Å². The van der Waals surface area contributed by atoms with Crippen molar-refractivity contribution in [1.29, 1.82) is 0 Å². The summed E-state index contributed by atoms with van der Waals surface area (Å²) in [5.41, 5.74) is 16.6. The maximum atomic E-state index is 13.6. The summed E-state index contributed by atoms with van der Waals surface area (Å²) in [5, 5.41) is 3.50. The van der Waals surface area contributed by atoms with Gasteiger partial charge in [-0.25, -0.2) is 0 Å². The summed E-state index contributed by atoms with van der Waals surface area (Å²) in [7, 11) is 0. The lowest BCUT2D eigenvalue weighted by atomic mass is 10.0. The number of benzene rings is 3. The van der Waals surface area contributed by atoms with E-state index in [-0.39, 0.29) is 11.9 Å². The van der Waals surface area contributed by atoms with Gasteiger partial charge in [-0.3, -0.25) is 4.79 Å². The van der Waals surface area contributed by atoms with Gasteiger partial charge in [0, 0.05) is 29.4 Å². The lowest BCUT2D eigenvalue weighted by molar-refractivity contribution is 0.0986. The standard InChI is InChI=1S/C26H30N4O2/c1-18-13-15-30(24-6-3-2-5-23(24)29-18)26(31)20-9-12-22(19-7-10-21(28)11-8-19)25(17-20)32-16-4-14-27/h2-3,5-12,17-18,29H,4,13-16,27-28H2,1H3/t18-/m0/s1. The van der Waals surface area contributed by atoms with Crippen molar-refractivity contribution in [3.05, 3.63) is 72.3 Å². The van der Waals surface area contributed by atoms with Crippen molar-refractivity contribution in [1.82, 2.24) is 0 Å². The maximum absolute atomic E-state index is 13.6. The van der Waals surface area contributed by atoms with Gasteiger partial charge >= 0.3 is 0 Å². The summed E-state index contributed by atoms with van der Waals surface area (Å²) < 4.78 is 6.06. The topological polar surface area (TPSA) is 93.6 Å². The number of carbonyl (C=O) groups is 1. The third-order valence-electron chi connectivity index (χ3n) is 5.68. The van der Waals surface area contributed by atoms with E-state index in [1.165, 1.54) is 0 Å². The number of anilines is 3. The van der Waals surface area contributed by atoms with Gasteiger partial charge in [0.1, 0.15) is 5.75 Å². The van der Waals surface area contributed by atoms with Crippen LogP contribution < -0.4 is 26.4 Å². The molecule has 0 saturated carbocycles. The van der Waals surface area contributed by atoms with Crippen LogP contribution in [0.1, 0.15) is 30.1 Å². The number of hydrogen-bond donors (Lipinski definition) is 3. The van der Waals surface area contributed by atoms with Gasteiger partial charge in [0.05, 0.1) is 18.0 Å². The molecular formula is C26H30N4O2. The van der Waals surface area contributed by atoms with Gasteiger partial charge in [-0.2, -0.15) is 0 Å². The van der Waals surface area contributed by atoms with Crippen molar-refractivity contribution < 1.29 is 9.53 Å². The van der Waals surface area contributed by atoms with E-state index >= 15 is 0 Å². The summed E-state index contributed by atoms with van der Waals surface area (Å²) in [6.07, 6.45) is 1.60. The molecule has 1 aliphatic heterocycles. The van der Waals surface area contributed by atoms with E-state index in [1.54, 1.807) is 0 Å². The number of nitrogens with zero attached hydrogens (tertiary/aromatic N) is 1. The molecule has 3 aromatic rings. The zero-order valence-electron chi connectivity index (χ0n) is 18.4. The van der Waals surface area contributed by atoms with Gasteiger partial charge in [-0.1, -0.05) is 24.3 Å². The molecule has 1 atom stereocenters. The van der Waals surface area contributed by atoms with Crippen LogP contribution in [-0.2, 0) is 0 Å². The van der Waals surface area contributed by atoms with Gasteiger partial charge in [0.2, 0.25) is 0 Å². The summed E-state index contributed by atoms with van der Waals surface area (Å²) in [5.74, 6) is 0.629. The second kappa shape index (κ2) is 9.75. The summed E-state index contributed by atoms with van der Waals surface area (Å²) in [6.45, 7) is 3.82. The fourth-order valence-electron chi connectivity index (χ4n) is 3.92. The van der Waals surface area contributed by atoms with Crippen molar-refractivity contribution >= 4 is 23.0 Å². The van der Waals surface area contributed by atoms with Gasteiger partial charge in [-0.15, -0.1) is 0 Å². The van der Waals surface area contributed by atoms with Crippen LogP contribution in [0.15, 0.2) is 66.7 Å². The van der Waals surface area contributed by atoms with E-state index in [2.05, 4.69) is 12.2 Å². The largest absolute Gasteiger partial charge is 0.493 e. The predicted octanol–water partition coefficient (Wildman–Crippen LogP) is 4.51. The Morgan fingerprint density at radius 3 is 2.69 bits per heavy atom. The van der Waals surface area contributed by atoms with E-state index < -0.39 is 0 Å². The van der Waals surface area contributed by atoms with Crippen LogP contribution in [0.3, 0.4) is 0 Å². The fourth-order valence-corrected chi connectivity index (χ4v) is 3.92. The van der Waals surface area contributed by atoms with Crippen LogP contribution in [0.25, 0.3) is 11.1 Å². The van der Waals surface area contributed by atoms with Crippen LogP contribution >= 0.6 is 0 Å². The lowest BCUT2D eigenvalue weighted by Crippen LogP contribution is -2.32. The molecule has 0 spiro atoms. The van der Waals surface area contributed by atoms with Gasteiger partial charge in [0.15, 0.2) is 0 Å². The molecule has 0 bridgehead atoms. The number of ether oxygens (including phenoxy) is 1. The smallest absolute Gasteiger partial charge is 0.258 e. The number of nitrogens with one attached hydrogen (secondary N) is 1. The number of carbonyl (C=O) groups excluding carboxylic acids is 1. The van der Waals surface area contributed by atoms with Crippen molar-refractivity contribution in [2.45, 2.75) is 25.8 Å². The molecule has 6 nitrogen and oxygen atoms in total. The molecular weight excluding hydrogens is 400 g/mol. The first kappa shape index (κ1) is 21.7. The van der Waals surface area contributed by atoms with E-state index in [1.807, 2.05) is 71.6 Å². The third kappa shape index (κ3) is 4.70. The molecule has 32 heavy (non-hydrogen) atoms. The molecule has 5 N–H and O–H groups in total. The summed E-state index contributed by atoms with van der Waals surface area (Å²) in [6, 6.07) is 21.5. The van der Waals surface area contributed by atoms with Crippen LogP contribution in [-0.4, -0.2) is 31.6 Å². The second-order valence-electron chi connectivity index (χ2n) is 8.13. The Morgan fingerprint density at radius 2 is 1.91 bits per heavy atom. The van der Waals surface area contributed by atoms with Crippen LogP contribution in [0.2, 0.25) is 0 Å². The predicted molar refractivity (Wildman–Crippen MR) is 131 cm³/mol. The van der Waals surface area contributed by atoms with E-state index in [0.717, 1.165) is 35.3 Å². The molecule has 0 radical (unpaired) electrons. The van der Waals surface area contributed by atoms with E-state index in [9.17, 15) is 4.79 Å². The molecule has 1 aliphatic rings. The molecule has 0 aliphatic carbocycles. The molecule has 0 fully saturated rings. The second-order valence-corrected chi connectivity index (χ2v) is 8.13. The molecule has 0 unspecified atom stereocenters. The minimum atomic E-state index is -0.0409. The number of hydrogen-bond acceptors (Lipinski definition) is 5. The normalized spacial score (nSPS) is 15.4. The molecule has 1 heterocycles. The van der Waals surface area contributed by atoms with E-state index in [0.29, 0.717) is 36.7 Å². The fraction of sp³-hybridized carbons (Fsp3) is 0.269. The highest BCUT2D eigenvalue weighted by molar-refractivity contribution is 6.08. The Bertz CT molecular complexity index is 1080. The Kier molecular flexibility index (Phi) is 6.61. The quantitative estimate of drug-likeness (QED) is 0.395. The Hall–Kier alpha value is -3.51. The minimum absolute atomic E-state index is 0.0409. The van der Waals surface area contributed by atoms with E-state index in [4.69, 9.17) is 16.2 Å². The molecule has 1 amide bonds. The number of nitrogen functional groups attached to an aromatic ring is 1. The highest BCUT2D eigenvalue weighted by Crippen LogP contribution is 2.34. The first-order chi connectivity index (χ1) is 15.6. The number of para-hydroxylation sites is 2. The summed E-state index contributed by atoms with van der Waals surface area (Å²) >= 11 is 0. The average Bonchev–Trinajstić information content (AvgIpc) is 2.97. The highest BCUT2D eigenvalue weighted by Gasteiger charge is 2.25. The van der Waals surface area contributed by atoms with Crippen LogP contribution in [0, 0.1) is 0 Å². The molecule has 166 valence electrons. The monoisotopic (exact) mass is 430 g/mol. The first-order valence-electron chi connectivity index (χ1n) is 11.1. The number of nitrogens with two attached hydrogens (primary N) is 2. The molecule has 6 heteroatoms. The lowest BCUT2D eigenvalue weighted by Gasteiger charge is -2.23. The number of rotatable bonds is 6. The molecule has 4 rings (SSSR count). The van der Waals surface area contributed by atoms with Gasteiger partial charge in [0.25, 0.3) is 5.91 Å². The summed E-state index contributed by atoms with van der Waals surface area (Å²) in [4.78, 5) is 15.5. The van der Waals surface area contributed by atoms with Crippen LogP contribution in [0.5, 0.6) is 5.75 Å². The zero-order valence-corrected chi connectivity index (χ0v) is 18.4.